The minimum Gasteiger partial charge on any atom is -0.489 e. The largest absolute Gasteiger partial charge is 0.489 e. The van der Waals surface area contributed by atoms with Gasteiger partial charge in [0.15, 0.2) is 0 Å². The predicted molar refractivity (Wildman–Crippen MR) is 124 cm³/mol. The number of fused-ring (bicyclic) bond motifs is 5. The van der Waals surface area contributed by atoms with Crippen LogP contribution < -0.4 is 14.8 Å². The number of imidazole rings is 1. The van der Waals surface area contributed by atoms with Crippen LogP contribution in [-0.4, -0.2) is 27.0 Å². The van der Waals surface area contributed by atoms with Gasteiger partial charge in [0.2, 0.25) is 5.91 Å². The molecule has 1 aliphatic carbocycles. The molecule has 0 saturated heterocycles. The van der Waals surface area contributed by atoms with E-state index in [0.717, 1.165) is 29.0 Å². The first-order chi connectivity index (χ1) is 17.3. The summed E-state index contributed by atoms with van der Waals surface area (Å²) in [5.41, 5.74) is 1.50. The molecule has 36 heavy (non-hydrogen) atoms. The maximum absolute atomic E-state index is 13.2. The Balaban J connectivity index is 1.17. The van der Waals surface area contributed by atoms with Crippen molar-refractivity contribution in [3.63, 3.8) is 0 Å². The number of H-pyrrole nitrogens is 1. The lowest BCUT2D eigenvalue weighted by Crippen LogP contribution is -2.20. The smallest absolute Gasteiger partial charge is 0.416 e. The number of alkyl halides is 3. The van der Waals surface area contributed by atoms with Gasteiger partial charge < -0.3 is 19.8 Å². The number of aromatic nitrogens is 3. The van der Waals surface area contributed by atoms with Crippen molar-refractivity contribution in [2.24, 2.45) is 0 Å². The molecule has 182 valence electrons. The maximum Gasteiger partial charge on any atom is 0.416 e. The molecule has 11 heteroatoms. The fourth-order valence-electron chi connectivity index (χ4n) is 5.13. The lowest BCUT2D eigenvalue weighted by atomic mass is 10.1. The zero-order chi connectivity index (χ0) is 24.8. The molecule has 7 nitrogen and oxygen atoms in total. The standard InChI is InChI=1S/C25H16ClF3N4O3/c26-14-7-10(25(27,28)29)8-15-21(14)33-24(31-15)20-19-13-9-11(1-3-16(13)36-22(19)20)35-17-5-6-30-23-12(17)2-4-18(34)32-23/h1,3,5-9,19-20,22H,2,4H2,(H,31,33)(H,30,32,34). The Bertz CT molecular complexity index is 1590. The van der Waals surface area contributed by atoms with Crippen molar-refractivity contribution in [1.82, 2.24) is 15.0 Å². The average Bonchev–Trinajstić information content (AvgIpc) is 3.17. The van der Waals surface area contributed by atoms with Crippen molar-refractivity contribution in [2.75, 3.05) is 5.32 Å². The molecule has 2 aromatic carbocycles. The van der Waals surface area contributed by atoms with Crippen LogP contribution in [0.4, 0.5) is 19.0 Å². The van der Waals surface area contributed by atoms with Crippen LogP contribution >= 0.6 is 11.6 Å². The van der Waals surface area contributed by atoms with E-state index in [1.807, 2.05) is 18.2 Å². The maximum atomic E-state index is 13.2. The molecule has 4 heterocycles. The molecule has 4 aromatic rings. The Morgan fingerprint density at radius 2 is 1.97 bits per heavy atom. The van der Waals surface area contributed by atoms with Gasteiger partial charge in [0.25, 0.3) is 0 Å². The highest BCUT2D eigenvalue weighted by atomic mass is 35.5. The van der Waals surface area contributed by atoms with Crippen molar-refractivity contribution in [3.05, 3.63) is 70.1 Å². The normalized spacial score (nSPS) is 21.9. The molecule has 1 fully saturated rings. The molecule has 3 aliphatic rings. The number of pyridine rings is 1. The molecule has 1 saturated carbocycles. The number of ether oxygens (including phenoxy) is 2. The van der Waals surface area contributed by atoms with E-state index in [0.29, 0.717) is 41.5 Å². The molecule has 3 unspecified atom stereocenters. The Hall–Kier alpha value is -3.79. The summed E-state index contributed by atoms with van der Waals surface area (Å²) in [6, 6.07) is 9.23. The van der Waals surface area contributed by atoms with Crippen molar-refractivity contribution in [2.45, 2.75) is 37.0 Å². The van der Waals surface area contributed by atoms with E-state index in [1.54, 1.807) is 12.3 Å². The van der Waals surface area contributed by atoms with Gasteiger partial charge >= 0.3 is 6.18 Å². The minimum absolute atomic E-state index is 0.00406. The van der Waals surface area contributed by atoms with Crippen molar-refractivity contribution < 1.29 is 27.4 Å². The van der Waals surface area contributed by atoms with Gasteiger partial charge in [0.1, 0.15) is 40.5 Å². The van der Waals surface area contributed by atoms with Crippen molar-refractivity contribution >= 4 is 34.4 Å². The van der Waals surface area contributed by atoms with E-state index >= 15 is 0 Å². The van der Waals surface area contributed by atoms with Crippen LogP contribution in [0, 0.1) is 0 Å². The first-order valence-electron chi connectivity index (χ1n) is 11.3. The molecular weight excluding hydrogens is 497 g/mol. The summed E-state index contributed by atoms with van der Waals surface area (Å²) < 4.78 is 51.8. The second-order valence-electron chi connectivity index (χ2n) is 9.09. The number of benzene rings is 2. The number of aromatic amines is 1. The highest BCUT2D eigenvalue weighted by Gasteiger charge is 2.61. The van der Waals surface area contributed by atoms with E-state index in [4.69, 9.17) is 21.1 Å². The second kappa shape index (κ2) is 7.36. The number of halogens is 4. The number of carbonyl (C=O) groups is 1. The third kappa shape index (κ3) is 3.31. The zero-order valence-electron chi connectivity index (χ0n) is 18.3. The van der Waals surface area contributed by atoms with Crippen LogP contribution in [-0.2, 0) is 17.4 Å². The van der Waals surface area contributed by atoms with Crippen LogP contribution in [0.5, 0.6) is 17.2 Å². The van der Waals surface area contributed by atoms with Gasteiger partial charge in [-0.2, -0.15) is 13.2 Å². The lowest BCUT2D eigenvalue weighted by molar-refractivity contribution is -0.137. The van der Waals surface area contributed by atoms with Crippen molar-refractivity contribution in [1.29, 1.82) is 0 Å². The Labute approximate surface area is 206 Å². The summed E-state index contributed by atoms with van der Waals surface area (Å²) in [4.78, 5) is 23.4. The minimum atomic E-state index is -4.50. The fourth-order valence-corrected chi connectivity index (χ4v) is 5.39. The first kappa shape index (κ1) is 21.5. The number of amides is 1. The molecule has 3 atom stereocenters. The summed E-state index contributed by atoms with van der Waals surface area (Å²) in [5, 5.41) is 2.71. The van der Waals surface area contributed by atoms with E-state index in [9.17, 15) is 18.0 Å². The molecule has 2 aromatic heterocycles. The van der Waals surface area contributed by atoms with E-state index in [-0.39, 0.29) is 34.4 Å². The second-order valence-corrected chi connectivity index (χ2v) is 9.50. The van der Waals surface area contributed by atoms with Gasteiger partial charge in [-0.1, -0.05) is 11.6 Å². The van der Waals surface area contributed by atoms with Gasteiger partial charge in [0.05, 0.1) is 22.0 Å². The summed E-state index contributed by atoms with van der Waals surface area (Å²) in [5.74, 6) is 2.81. The van der Waals surface area contributed by atoms with Crippen LogP contribution in [0.15, 0.2) is 42.6 Å². The van der Waals surface area contributed by atoms with Gasteiger partial charge in [-0.3, -0.25) is 4.79 Å². The number of carbonyl (C=O) groups excluding carboxylic acids is 1. The van der Waals surface area contributed by atoms with Crippen LogP contribution in [0.25, 0.3) is 11.0 Å². The van der Waals surface area contributed by atoms with Gasteiger partial charge in [-0.05, 0) is 42.8 Å². The molecule has 1 amide bonds. The number of nitrogens with zero attached hydrogens (tertiary/aromatic N) is 2. The molecule has 0 spiro atoms. The summed E-state index contributed by atoms with van der Waals surface area (Å²) in [7, 11) is 0. The molecule has 0 radical (unpaired) electrons. The highest BCUT2D eigenvalue weighted by molar-refractivity contribution is 6.35. The monoisotopic (exact) mass is 512 g/mol. The molecule has 0 bridgehead atoms. The SMILES string of the molecule is O=C1CCc2c(Oc3ccc4c(c3)C3C(O4)C3c3nc4c(Cl)cc(C(F)(F)F)cc4[nH]3)ccnc2N1. The Kier molecular flexibility index (Phi) is 4.39. The molecular formula is C25H16ClF3N4O3. The van der Waals surface area contributed by atoms with E-state index < -0.39 is 11.7 Å². The summed E-state index contributed by atoms with van der Waals surface area (Å²) >= 11 is 6.11. The predicted octanol–water partition coefficient (Wildman–Crippen LogP) is 5.95. The van der Waals surface area contributed by atoms with Crippen LogP contribution in [0.1, 0.15) is 40.8 Å². The van der Waals surface area contributed by atoms with Crippen molar-refractivity contribution in [3.8, 4) is 17.2 Å². The lowest BCUT2D eigenvalue weighted by Gasteiger charge is -2.19. The van der Waals surface area contributed by atoms with Gasteiger partial charge in [-0.25, -0.2) is 9.97 Å². The van der Waals surface area contributed by atoms with E-state index in [2.05, 4.69) is 20.3 Å². The number of anilines is 1. The molecule has 2 N–H and O–H groups in total. The number of rotatable bonds is 3. The summed E-state index contributed by atoms with van der Waals surface area (Å²) in [6.45, 7) is 0. The third-order valence-corrected chi connectivity index (χ3v) is 7.15. The molecule has 2 aliphatic heterocycles. The van der Waals surface area contributed by atoms with E-state index in [1.165, 1.54) is 0 Å². The first-order valence-corrected chi connectivity index (χ1v) is 11.7. The number of hydrogen-bond donors (Lipinski definition) is 2. The zero-order valence-corrected chi connectivity index (χ0v) is 19.1. The molecule has 7 rings (SSSR count). The van der Waals surface area contributed by atoms with Gasteiger partial charge in [0, 0.05) is 29.7 Å². The van der Waals surface area contributed by atoms with Crippen LogP contribution in [0.3, 0.4) is 0 Å². The fraction of sp³-hybridized carbons (Fsp3) is 0.240. The highest BCUT2D eigenvalue weighted by Crippen LogP contribution is 2.63. The Morgan fingerprint density at radius 3 is 2.81 bits per heavy atom. The summed E-state index contributed by atoms with van der Waals surface area (Å²) in [6.07, 6.45) is -2.18. The third-order valence-electron chi connectivity index (χ3n) is 6.86. The Morgan fingerprint density at radius 1 is 1.11 bits per heavy atom. The topological polar surface area (TPSA) is 89.1 Å². The number of nitrogens with one attached hydrogen (secondary N) is 2. The number of hydrogen-bond acceptors (Lipinski definition) is 5. The van der Waals surface area contributed by atoms with Crippen LogP contribution in [0.2, 0.25) is 5.02 Å². The quantitative estimate of drug-likeness (QED) is 0.354. The van der Waals surface area contributed by atoms with Gasteiger partial charge in [-0.15, -0.1) is 0 Å². The average molecular weight is 513 g/mol.